The molecular weight excluding hydrogens is 268 g/mol. The Morgan fingerprint density at radius 2 is 2.32 bits per heavy atom. The second-order valence-corrected chi connectivity index (χ2v) is 6.54. The summed E-state index contributed by atoms with van der Waals surface area (Å²) in [5, 5.41) is 9.08. The van der Waals surface area contributed by atoms with Gasteiger partial charge in [0.15, 0.2) is 0 Å². The molecule has 0 aliphatic carbocycles. The number of aliphatic hydroxyl groups excluding tert-OH is 1. The molecule has 1 fully saturated rings. The van der Waals surface area contributed by atoms with Crippen molar-refractivity contribution in [2.45, 2.75) is 36.9 Å². The van der Waals surface area contributed by atoms with E-state index in [0.29, 0.717) is 18.8 Å². The summed E-state index contributed by atoms with van der Waals surface area (Å²) in [6.07, 6.45) is 4.47. The van der Waals surface area contributed by atoms with Crippen LogP contribution in [-0.4, -0.2) is 37.3 Å². The van der Waals surface area contributed by atoms with Gasteiger partial charge in [-0.05, 0) is 25.3 Å². The summed E-state index contributed by atoms with van der Waals surface area (Å²) < 4.78 is 33.8. The lowest BCUT2D eigenvalue weighted by molar-refractivity contribution is 0.0200. The summed E-state index contributed by atoms with van der Waals surface area (Å²) in [6, 6.07) is 1.48. The molecule has 6 nitrogen and oxygen atoms in total. The number of rotatable bonds is 5. The molecule has 7 heteroatoms. The molecule has 1 atom stereocenters. The molecule has 0 spiro atoms. The number of aliphatic hydroxyl groups is 1. The number of ether oxygens (including phenoxy) is 1. The highest BCUT2D eigenvalue weighted by molar-refractivity contribution is 7.89. The Labute approximate surface area is 113 Å². The van der Waals surface area contributed by atoms with Crippen molar-refractivity contribution >= 4 is 10.0 Å². The van der Waals surface area contributed by atoms with E-state index in [1.807, 2.05) is 0 Å². The topological polar surface area (TPSA) is 80.6 Å². The second kappa shape index (κ2) is 6.04. The molecule has 0 saturated carbocycles. The van der Waals surface area contributed by atoms with Gasteiger partial charge in [-0.15, -0.1) is 0 Å². The van der Waals surface area contributed by atoms with E-state index in [1.165, 1.54) is 12.3 Å². The monoisotopic (exact) mass is 288 g/mol. The van der Waals surface area contributed by atoms with Crippen molar-refractivity contribution in [1.29, 1.82) is 0 Å². The molecule has 2 N–H and O–H groups in total. The van der Waals surface area contributed by atoms with E-state index >= 15 is 0 Å². The van der Waals surface area contributed by atoms with Crippen molar-refractivity contribution in [2.75, 3.05) is 13.2 Å². The van der Waals surface area contributed by atoms with Crippen molar-refractivity contribution in [3.05, 3.63) is 18.0 Å². The minimum Gasteiger partial charge on any atom is -0.390 e. The molecule has 1 aromatic rings. The fraction of sp³-hybridized carbons (Fsp3) is 0.667. The number of aromatic nitrogens is 1. The van der Waals surface area contributed by atoms with Gasteiger partial charge >= 0.3 is 0 Å². The zero-order chi connectivity index (χ0) is 13.9. The summed E-state index contributed by atoms with van der Waals surface area (Å²) >= 11 is 0. The highest BCUT2D eigenvalue weighted by Gasteiger charge is 2.20. The first kappa shape index (κ1) is 14.5. The smallest absolute Gasteiger partial charge is 0.242 e. The number of nitrogens with zero attached hydrogens (tertiary/aromatic N) is 1. The van der Waals surface area contributed by atoms with Crippen molar-refractivity contribution in [2.24, 2.45) is 7.05 Å². The molecule has 108 valence electrons. The van der Waals surface area contributed by atoms with E-state index < -0.39 is 10.0 Å². The van der Waals surface area contributed by atoms with E-state index in [1.54, 1.807) is 11.6 Å². The van der Waals surface area contributed by atoms with Crippen LogP contribution in [0, 0.1) is 0 Å². The van der Waals surface area contributed by atoms with E-state index in [2.05, 4.69) is 4.72 Å². The molecule has 1 aromatic heterocycles. The zero-order valence-electron chi connectivity index (χ0n) is 11.0. The molecule has 0 aromatic carbocycles. The SMILES string of the molecule is Cn1cc(S(=O)(=O)NCC2CCCCO2)cc1CO. The van der Waals surface area contributed by atoms with Gasteiger partial charge in [0.2, 0.25) is 10.0 Å². The van der Waals surface area contributed by atoms with Crippen molar-refractivity contribution < 1.29 is 18.3 Å². The average molecular weight is 288 g/mol. The van der Waals surface area contributed by atoms with Gasteiger partial charge in [-0.25, -0.2) is 13.1 Å². The molecule has 1 saturated heterocycles. The minimum atomic E-state index is -3.53. The quantitative estimate of drug-likeness (QED) is 0.820. The van der Waals surface area contributed by atoms with Gasteiger partial charge in [0, 0.05) is 32.1 Å². The number of aryl methyl sites for hydroxylation is 1. The number of hydrogen-bond acceptors (Lipinski definition) is 4. The second-order valence-electron chi connectivity index (χ2n) is 4.78. The van der Waals surface area contributed by atoms with E-state index in [4.69, 9.17) is 9.84 Å². The van der Waals surface area contributed by atoms with Crippen LogP contribution >= 0.6 is 0 Å². The van der Waals surface area contributed by atoms with Crippen LogP contribution in [0.4, 0.5) is 0 Å². The predicted molar refractivity (Wildman–Crippen MR) is 70.1 cm³/mol. The van der Waals surface area contributed by atoms with Gasteiger partial charge in [-0.3, -0.25) is 0 Å². The third kappa shape index (κ3) is 3.56. The van der Waals surface area contributed by atoms with Gasteiger partial charge in [0.05, 0.1) is 17.6 Å². The molecular formula is C12H20N2O4S. The largest absolute Gasteiger partial charge is 0.390 e. The maximum atomic E-state index is 12.1. The number of hydrogen-bond donors (Lipinski definition) is 2. The average Bonchev–Trinajstić information content (AvgIpc) is 2.80. The Hall–Kier alpha value is -0.890. The summed E-state index contributed by atoms with van der Waals surface area (Å²) in [5.41, 5.74) is 0.564. The Morgan fingerprint density at radius 1 is 1.53 bits per heavy atom. The van der Waals surface area contributed by atoms with Crippen LogP contribution < -0.4 is 4.72 Å². The van der Waals surface area contributed by atoms with E-state index in [0.717, 1.165) is 19.3 Å². The first-order valence-electron chi connectivity index (χ1n) is 6.40. The van der Waals surface area contributed by atoms with Crippen molar-refractivity contribution in [1.82, 2.24) is 9.29 Å². The fourth-order valence-corrected chi connectivity index (χ4v) is 3.30. The van der Waals surface area contributed by atoms with Gasteiger partial charge in [0.1, 0.15) is 0 Å². The van der Waals surface area contributed by atoms with Crippen molar-refractivity contribution in [3.63, 3.8) is 0 Å². The van der Waals surface area contributed by atoms with E-state index in [9.17, 15) is 8.42 Å². The third-order valence-electron chi connectivity index (χ3n) is 3.33. The molecule has 1 unspecified atom stereocenters. The standard InChI is InChI=1S/C12H20N2O4S/c1-14-8-12(6-10(14)9-15)19(16,17)13-7-11-4-2-3-5-18-11/h6,8,11,13,15H,2-5,7,9H2,1H3. The van der Waals surface area contributed by atoms with Crippen LogP contribution in [0.1, 0.15) is 25.0 Å². The van der Waals surface area contributed by atoms with Crippen LogP contribution in [0.15, 0.2) is 17.2 Å². The Kier molecular flexibility index (Phi) is 4.62. The van der Waals surface area contributed by atoms with E-state index in [-0.39, 0.29) is 17.6 Å². The molecule has 0 radical (unpaired) electrons. The molecule has 1 aliphatic heterocycles. The lowest BCUT2D eigenvalue weighted by Crippen LogP contribution is -2.35. The van der Waals surface area contributed by atoms with Crippen LogP contribution in [-0.2, 0) is 28.4 Å². The van der Waals surface area contributed by atoms with Crippen LogP contribution in [0.5, 0.6) is 0 Å². The molecule has 0 bridgehead atoms. The van der Waals surface area contributed by atoms with Gasteiger partial charge in [-0.2, -0.15) is 0 Å². The Balaban J connectivity index is 2.00. The van der Waals surface area contributed by atoms with Crippen LogP contribution in [0.2, 0.25) is 0 Å². The first-order chi connectivity index (χ1) is 9.03. The third-order valence-corrected chi connectivity index (χ3v) is 4.72. The normalized spacial score (nSPS) is 20.6. The fourth-order valence-electron chi connectivity index (χ4n) is 2.14. The first-order valence-corrected chi connectivity index (χ1v) is 7.88. The summed E-state index contributed by atoms with van der Waals surface area (Å²) in [7, 11) is -1.83. The predicted octanol–water partition coefficient (Wildman–Crippen LogP) is 0.365. The lowest BCUT2D eigenvalue weighted by atomic mass is 10.1. The van der Waals surface area contributed by atoms with Crippen molar-refractivity contribution in [3.8, 4) is 0 Å². The zero-order valence-corrected chi connectivity index (χ0v) is 11.8. The summed E-state index contributed by atoms with van der Waals surface area (Å²) in [5.74, 6) is 0. The van der Waals surface area contributed by atoms with Crippen LogP contribution in [0.3, 0.4) is 0 Å². The van der Waals surface area contributed by atoms with Gasteiger partial charge < -0.3 is 14.4 Å². The van der Waals surface area contributed by atoms with Gasteiger partial charge in [-0.1, -0.05) is 0 Å². The lowest BCUT2D eigenvalue weighted by Gasteiger charge is -2.22. The molecule has 2 heterocycles. The van der Waals surface area contributed by atoms with Crippen LogP contribution in [0.25, 0.3) is 0 Å². The maximum absolute atomic E-state index is 12.1. The minimum absolute atomic E-state index is 0.0375. The Morgan fingerprint density at radius 3 is 2.89 bits per heavy atom. The highest BCUT2D eigenvalue weighted by Crippen LogP contribution is 2.15. The Bertz CT molecular complexity index is 518. The molecule has 1 aliphatic rings. The number of nitrogens with one attached hydrogen (secondary N) is 1. The summed E-state index contributed by atoms with van der Waals surface area (Å²) in [4.78, 5) is 0.176. The highest BCUT2D eigenvalue weighted by atomic mass is 32.2. The molecule has 19 heavy (non-hydrogen) atoms. The molecule has 2 rings (SSSR count). The maximum Gasteiger partial charge on any atom is 0.242 e. The number of sulfonamides is 1. The molecule has 0 amide bonds. The summed E-state index contributed by atoms with van der Waals surface area (Å²) in [6.45, 7) is 0.815. The van der Waals surface area contributed by atoms with Gasteiger partial charge in [0.25, 0.3) is 0 Å².